The molecule has 2 heterocycles. The molecule has 6 unspecified atom stereocenters. The first-order chi connectivity index (χ1) is 12.2. The van der Waals surface area contributed by atoms with Crippen LogP contribution < -0.4 is 0 Å². The van der Waals surface area contributed by atoms with Crippen LogP contribution in [0.4, 0.5) is 0 Å². The van der Waals surface area contributed by atoms with Crippen LogP contribution >= 0.6 is 0 Å². The van der Waals surface area contributed by atoms with E-state index in [9.17, 15) is 9.59 Å². The van der Waals surface area contributed by atoms with Crippen LogP contribution in [0.5, 0.6) is 0 Å². The normalized spacial score (nSPS) is 38.2. The van der Waals surface area contributed by atoms with Gasteiger partial charge in [-0.15, -0.1) is 0 Å². The standard InChI is InChI=1S/C19H28O6/c20-18(22-10-12-4-6-14-16(8-12)24-14)2-1-3-19(21)23-11-13-5-7-15-17(9-13)25-15/h12-17H,1-11H2. The average Bonchev–Trinajstić information content (AvgIpc) is 3.51. The van der Waals surface area contributed by atoms with Gasteiger partial charge in [-0.25, -0.2) is 0 Å². The molecular formula is C19H28O6. The van der Waals surface area contributed by atoms with Gasteiger partial charge in [-0.1, -0.05) is 0 Å². The highest BCUT2D eigenvalue weighted by molar-refractivity contribution is 5.72. The highest BCUT2D eigenvalue weighted by atomic mass is 16.6. The first kappa shape index (κ1) is 17.3. The SMILES string of the molecule is O=C(CCCC(=O)OCC1CCC2OC2C1)OCC1CCC2OC2C1. The van der Waals surface area contributed by atoms with Gasteiger partial charge in [0.05, 0.1) is 37.6 Å². The Labute approximate surface area is 148 Å². The summed E-state index contributed by atoms with van der Waals surface area (Å²) in [4.78, 5) is 23.6. The Hall–Kier alpha value is -1.14. The molecule has 6 nitrogen and oxygen atoms in total. The fourth-order valence-corrected chi connectivity index (χ4v) is 4.22. The Morgan fingerprint density at radius 3 is 1.64 bits per heavy atom. The third-order valence-electron chi connectivity index (χ3n) is 5.95. The number of carbonyl (C=O) groups excluding carboxylic acids is 2. The summed E-state index contributed by atoms with van der Waals surface area (Å²) in [6, 6.07) is 0. The first-order valence-electron chi connectivity index (χ1n) is 9.79. The van der Waals surface area contributed by atoms with Crippen LogP contribution in [-0.2, 0) is 28.5 Å². The zero-order chi connectivity index (χ0) is 17.2. The molecule has 0 aromatic rings. The van der Waals surface area contributed by atoms with Gasteiger partial charge in [0.25, 0.3) is 0 Å². The zero-order valence-electron chi connectivity index (χ0n) is 14.7. The third kappa shape index (κ3) is 4.94. The van der Waals surface area contributed by atoms with Gasteiger partial charge in [-0.3, -0.25) is 9.59 Å². The number of esters is 2. The molecule has 0 radical (unpaired) electrons. The molecule has 6 heteroatoms. The molecule has 2 aliphatic heterocycles. The Bertz CT molecular complexity index is 462. The topological polar surface area (TPSA) is 77.7 Å². The summed E-state index contributed by atoms with van der Waals surface area (Å²) >= 11 is 0. The number of rotatable bonds is 8. The van der Waals surface area contributed by atoms with Gasteiger partial charge in [0.15, 0.2) is 0 Å². The lowest BCUT2D eigenvalue weighted by Gasteiger charge is -2.19. The van der Waals surface area contributed by atoms with E-state index < -0.39 is 0 Å². The molecule has 0 N–H and O–H groups in total. The first-order valence-corrected chi connectivity index (χ1v) is 9.79. The number of fused-ring (bicyclic) bond motifs is 2. The van der Waals surface area contributed by atoms with Crippen LogP contribution in [0.3, 0.4) is 0 Å². The van der Waals surface area contributed by atoms with E-state index in [1.54, 1.807) is 0 Å². The maximum atomic E-state index is 11.8. The highest BCUT2D eigenvalue weighted by Crippen LogP contribution is 2.40. The van der Waals surface area contributed by atoms with Gasteiger partial charge >= 0.3 is 11.9 Å². The number of hydrogen-bond acceptors (Lipinski definition) is 6. The average molecular weight is 352 g/mol. The van der Waals surface area contributed by atoms with Crippen LogP contribution in [0.15, 0.2) is 0 Å². The molecule has 0 spiro atoms. The second-order valence-electron chi connectivity index (χ2n) is 8.00. The van der Waals surface area contributed by atoms with Crippen LogP contribution in [0.2, 0.25) is 0 Å². The van der Waals surface area contributed by atoms with Crippen LogP contribution in [0.1, 0.15) is 57.8 Å². The van der Waals surface area contributed by atoms with Gasteiger partial charge in [-0.2, -0.15) is 0 Å². The summed E-state index contributed by atoms with van der Waals surface area (Å²) < 4.78 is 21.6. The minimum absolute atomic E-state index is 0.212. The molecule has 4 fully saturated rings. The molecule has 0 aromatic carbocycles. The number of epoxide rings is 2. The minimum Gasteiger partial charge on any atom is -0.465 e. The summed E-state index contributed by atoms with van der Waals surface area (Å²) in [5.41, 5.74) is 0. The molecular weight excluding hydrogens is 324 g/mol. The summed E-state index contributed by atoms with van der Waals surface area (Å²) in [6.45, 7) is 0.976. The van der Waals surface area contributed by atoms with E-state index in [1.165, 1.54) is 0 Å². The molecule has 140 valence electrons. The van der Waals surface area contributed by atoms with Gasteiger partial charge in [-0.05, 0) is 56.8 Å². The monoisotopic (exact) mass is 352 g/mol. The molecule has 0 aromatic heterocycles. The van der Waals surface area contributed by atoms with Crippen molar-refractivity contribution in [3.8, 4) is 0 Å². The van der Waals surface area contributed by atoms with E-state index >= 15 is 0 Å². The molecule has 0 amide bonds. The third-order valence-corrected chi connectivity index (χ3v) is 5.95. The van der Waals surface area contributed by atoms with Gasteiger partial charge in [0.1, 0.15) is 0 Å². The highest BCUT2D eigenvalue weighted by Gasteiger charge is 2.44. The fraction of sp³-hybridized carbons (Fsp3) is 0.895. The maximum Gasteiger partial charge on any atom is 0.305 e. The molecule has 2 saturated carbocycles. The van der Waals surface area contributed by atoms with Crippen molar-refractivity contribution in [2.75, 3.05) is 13.2 Å². The Balaban J connectivity index is 1.02. The second-order valence-corrected chi connectivity index (χ2v) is 8.00. The van der Waals surface area contributed by atoms with E-state index in [0.29, 0.717) is 55.9 Å². The summed E-state index contributed by atoms with van der Waals surface area (Å²) in [7, 11) is 0. The van der Waals surface area contributed by atoms with E-state index in [4.69, 9.17) is 18.9 Å². The lowest BCUT2D eigenvalue weighted by atomic mass is 9.90. The second kappa shape index (κ2) is 7.62. The predicted octanol–water partition coefficient (Wildman–Crippen LogP) is 2.38. The van der Waals surface area contributed by atoms with Gasteiger partial charge in [0, 0.05) is 12.8 Å². The minimum atomic E-state index is -0.212. The molecule has 25 heavy (non-hydrogen) atoms. The smallest absolute Gasteiger partial charge is 0.305 e. The van der Waals surface area contributed by atoms with E-state index in [1.807, 2.05) is 0 Å². The van der Waals surface area contributed by atoms with Crippen molar-refractivity contribution in [2.24, 2.45) is 11.8 Å². The Kier molecular flexibility index (Phi) is 5.27. The van der Waals surface area contributed by atoms with E-state index in [-0.39, 0.29) is 24.8 Å². The predicted molar refractivity (Wildman–Crippen MR) is 87.8 cm³/mol. The number of hydrogen-bond donors (Lipinski definition) is 0. The lowest BCUT2D eigenvalue weighted by molar-refractivity contribution is -0.147. The molecule has 4 rings (SSSR count). The van der Waals surface area contributed by atoms with Gasteiger partial charge in [0.2, 0.25) is 0 Å². The van der Waals surface area contributed by atoms with Crippen molar-refractivity contribution in [3.63, 3.8) is 0 Å². The summed E-state index contributed by atoms with van der Waals surface area (Å²) in [6.07, 6.45) is 9.20. The van der Waals surface area contributed by atoms with E-state index in [2.05, 4.69) is 0 Å². The van der Waals surface area contributed by atoms with Crippen LogP contribution in [-0.4, -0.2) is 49.6 Å². The largest absolute Gasteiger partial charge is 0.465 e. The van der Waals surface area contributed by atoms with Crippen molar-refractivity contribution in [1.82, 2.24) is 0 Å². The van der Waals surface area contributed by atoms with Crippen molar-refractivity contribution in [1.29, 1.82) is 0 Å². The fourth-order valence-electron chi connectivity index (χ4n) is 4.22. The van der Waals surface area contributed by atoms with Crippen molar-refractivity contribution >= 4 is 11.9 Å². The van der Waals surface area contributed by atoms with Gasteiger partial charge < -0.3 is 18.9 Å². The van der Waals surface area contributed by atoms with Crippen molar-refractivity contribution < 1.29 is 28.5 Å². The molecule has 2 aliphatic carbocycles. The molecule has 6 atom stereocenters. The molecule has 0 bridgehead atoms. The zero-order valence-corrected chi connectivity index (χ0v) is 14.7. The van der Waals surface area contributed by atoms with Crippen molar-refractivity contribution in [2.45, 2.75) is 82.2 Å². The van der Waals surface area contributed by atoms with Crippen LogP contribution in [0.25, 0.3) is 0 Å². The summed E-state index contributed by atoms with van der Waals surface area (Å²) in [5.74, 6) is 0.443. The van der Waals surface area contributed by atoms with Crippen molar-refractivity contribution in [3.05, 3.63) is 0 Å². The quantitative estimate of drug-likeness (QED) is 0.493. The summed E-state index contributed by atoms with van der Waals surface area (Å²) in [5, 5.41) is 0. The molecule has 4 aliphatic rings. The number of carbonyl (C=O) groups is 2. The Morgan fingerprint density at radius 1 is 0.720 bits per heavy atom. The maximum absolute atomic E-state index is 11.8. The number of ether oxygens (including phenoxy) is 4. The lowest BCUT2D eigenvalue weighted by Crippen LogP contribution is -2.21. The van der Waals surface area contributed by atoms with E-state index in [0.717, 1.165) is 38.5 Å². The molecule has 2 saturated heterocycles. The van der Waals surface area contributed by atoms with Crippen LogP contribution in [0, 0.1) is 11.8 Å². The Morgan fingerprint density at radius 2 is 1.20 bits per heavy atom.